The maximum absolute atomic E-state index is 12.3. The fourth-order valence-electron chi connectivity index (χ4n) is 3.14. The molecule has 1 unspecified atom stereocenters. The first kappa shape index (κ1) is 19.2. The van der Waals surface area contributed by atoms with Crippen molar-refractivity contribution in [3.8, 4) is 0 Å². The number of amides is 2. The van der Waals surface area contributed by atoms with Crippen molar-refractivity contribution in [1.82, 2.24) is 15.1 Å². The summed E-state index contributed by atoms with van der Waals surface area (Å²) in [5.74, 6) is 0.312. The van der Waals surface area contributed by atoms with Crippen LogP contribution in [0.2, 0.25) is 0 Å². The van der Waals surface area contributed by atoms with Crippen LogP contribution >= 0.6 is 0 Å². The Morgan fingerprint density at radius 3 is 2.59 bits per heavy atom. The van der Waals surface area contributed by atoms with Gasteiger partial charge in [-0.2, -0.15) is 0 Å². The van der Waals surface area contributed by atoms with Gasteiger partial charge in [0.2, 0.25) is 0 Å². The van der Waals surface area contributed by atoms with Crippen molar-refractivity contribution >= 4 is 11.8 Å². The van der Waals surface area contributed by atoms with Gasteiger partial charge in [-0.1, -0.05) is 19.1 Å². The summed E-state index contributed by atoms with van der Waals surface area (Å²) in [6, 6.07) is 11.4. The second-order valence-electron chi connectivity index (χ2n) is 7.03. The van der Waals surface area contributed by atoms with Crippen LogP contribution < -0.4 is 5.32 Å². The number of hydrogen-bond acceptors (Lipinski definition) is 4. The van der Waals surface area contributed by atoms with Gasteiger partial charge in [-0.3, -0.25) is 14.5 Å². The maximum Gasteiger partial charge on any atom is 0.289 e. The molecule has 6 heteroatoms. The van der Waals surface area contributed by atoms with Gasteiger partial charge < -0.3 is 14.6 Å². The van der Waals surface area contributed by atoms with E-state index in [4.69, 9.17) is 4.42 Å². The maximum atomic E-state index is 12.3. The van der Waals surface area contributed by atoms with Crippen LogP contribution in [-0.4, -0.2) is 53.8 Å². The van der Waals surface area contributed by atoms with Gasteiger partial charge in [-0.25, -0.2) is 0 Å². The molecule has 1 aromatic heterocycles. The van der Waals surface area contributed by atoms with Crippen LogP contribution in [0.1, 0.15) is 46.7 Å². The van der Waals surface area contributed by atoms with E-state index < -0.39 is 0 Å². The minimum absolute atomic E-state index is 0.0277. The minimum atomic E-state index is -0.0524. The summed E-state index contributed by atoms with van der Waals surface area (Å²) in [5.41, 5.74) is 1.80. The van der Waals surface area contributed by atoms with Crippen LogP contribution in [0.15, 0.2) is 47.1 Å². The van der Waals surface area contributed by atoms with Crippen molar-refractivity contribution in [2.24, 2.45) is 0 Å². The molecule has 1 saturated heterocycles. The number of piperazine rings is 1. The zero-order valence-corrected chi connectivity index (χ0v) is 16.0. The molecule has 1 aliphatic rings. The third-order valence-electron chi connectivity index (χ3n) is 4.98. The highest BCUT2D eigenvalue weighted by Crippen LogP contribution is 2.13. The fraction of sp³-hybridized carbons (Fsp3) is 0.429. The Hall–Kier alpha value is -2.60. The number of carbonyl (C=O) groups is 2. The lowest BCUT2D eigenvalue weighted by atomic mass is 10.1. The van der Waals surface area contributed by atoms with Crippen molar-refractivity contribution in [2.45, 2.75) is 32.9 Å². The van der Waals surface area contributed by atoms with E-state index >= 15 is 0 Å². The predicted octanol–water partition coefficient (Wildman–Crippen LogP) is 2.77. The summed E-state index contributed by atoms with van der Waals surface area (Å²) in [5, 5.41) is 3.00. The number of benzene rings is 1. The van der Waals surface area contributed by atoms with Gasteiger partial charge in [0.25, 0.3) is 11.8 Å². The summed E-state index contributed by atoms with van der Waals surface area (Å²) >= 11 is 0. The molecule has 0 aliphatic carbocycles. The molecule has 27 heavy (non-hydrogen) atoms. The lowest BCUT2D eigenvalue weighted by Crippen LogP contribution is -2.48. The van der Waals surface area contributed by atoms with Crippen LogP contribution in [0.4, 0.5) is 0 Å². The van der Waals surface area contributed by atoms with Crippen molar-refractivity contribution in [2.75, 3.05) is 26.2 Å². The topological polar surface area (TPSA) is 65.8 Å². The Bertz CT molecular complexity index is 765. The van der Waals surface area contributed by atoms with Gasteiger partial charge in [-0.05, 0) is 43.2 Å². The SMILES string of the molecule is CCC(C)NC(=O)c1cccc(CN2CCN(C(=O)c3ccco3)CC2)c1. The van der Waals surface area contributed by atoms with E-state index in [-0.39, 0.29) is 17.9 Å². The highest BCUT2D eigenvalue weighted by Gasteiger charge is 2.23. The molecular weight excluding hydrogens is 342 g/mol. The zero-order valence-electron chi connectivity index (χ0n) is 16.0. The van der Waals surface area contributed by atoms with E-state index in [1.54, 1.807) is 12.1 Å². The zero-order chi connectivity index (χ0) is 19.2. The quantitative estimate of drug-likeness (QED) is 0.850. The summed E-state index contributed by atoms with van der Waals surface area (Å²) in [6.07, 6.45) is 2.43. The molecule has 2 aromatic rings. The Morgan fingerprint density at radius 1 is 1.15 bits per heavy atom. The third-order valence-corrected chi connectivity index (χ3v) is 4.98. The predicted molar refractivity (Wildman–Crippen MR) is 104 cm³/mol. The largest absolute Gasteiger partial charge is 0.459 e. The van der Waals surface area contributed by atoms with Crippen molar-refractivity contribution < 1.29 is 14.0 Å². The standard InChI is InChI=1S/C21H27N3O3/c1-3-16(2)22-20(25)18-7-4-6-17(14-18)15-23-9-11-24(12-10-23)21(26)19-8-5-13-27-19/h4-8,13-14,16H,3,9-12,15H2,1-2H3,(H,22,25). The third kappa shape index (κ3) is 4.98. The van der Waals surface area contributed by atoms with Crippen molar-refractivity contribution in [3.05, 3.63) is 59.5 Å². The molecule has 1 atom stereocenters. The van der Waals surface area contributed by atoms with E-state index in [2.05, 4.69) is 17.1 Å². The van der Waals surface area contributed by atoms with Crippen LogP contribution in [0, 0.1) is 0 Å². The van der Waals surface area contributed by atoms with Crippen LogP contribution in [0.5, 0.6) is 0 Å². The molecule has 0 spiro atoms. The normalized spacial score (nSPS) is 16.1. The summed E-state index contributed by atoms with van der Waals surface area (Å²) in [4.78, 5) is 28.8. The number of nitrogens with zero attached hydrogens (tertiary/aromatic N) is 2. The van der Waals surface area contributed by atoms with Gasteiger partial charge in [0.1, 0.15) is 0 Å². The Labute approximate surface area is 160 Å². The first-order valence-corrected chi connectivity index (χ1v) is 9.51. The summed E-state index contributed by atoms with van der Waals surface area (Å²) in [7, 11) is 0. The molecule has 1 aromatic carbocycles. The van der Waals surface area contributed by atoms with Gasteiger partial charge in [0, 0.05) is 44.3 Å². The molecule has 6 nitrogen and oxygen atoms in total. The number of rotatable bonds is 6. The van der Waals surface area contributed by atoms with E-state index in [1.807, 2.05) is 36.1 Å². The summed E-state index contributed by atoms with van der Waals surface area (Å²) < 4.78 is 5.20. The average molecular weight is 369 g/mol. The van der Waals surface area contributed by atoms with Gasteiger partial charge >= 0.3 is 0 Å². The highest BCUT2D eigenvalue weighted by atomic mass is 16.3. The van der Waals surface area contributed by atoms with Gasteiger partial charge in [0.15, 0.2) is 5.76 Å². The molecule has 3 rings (SSSR count). The molecule has 2 amide bonds. The molecular formula is C21H27N3O3. The molecule has 2 heterocycles. The first-order chi connectivity index (χ1) is 13.1. The molecule has 144 valence electrons. The summed E-state index contributed by atoms with van der Waals surface area (Å²) in [6.45, 7) is 7.78. The second-order valence-corrected chi connectivity index (χ2v) is 7.03. The molecule has 0 radical (unpaired) electrons. The van der Waals surface area contributed by atoms with Gasteiger partial charge in [0.05, 0.1) is 6.26 Å². The Kier molecular flexibility index (Phi) is 6.29. The van der Waals surface area contributed by atoms with Crippen molar-refractivity contribution in [1.29, 1.82) is 0 Å². The average Bonchev–Trinajstić information content (AvgIpc) is 3.23. The highest BCUT2D eigenvalue weighted by molar-refractivity contribution is 5.94. The van der Waals surface area contributed by atoms with E-state index in [9.17, 15) is 9.59 Å². The van der Waals surface area contributed by atoms with E-state index in [0.717, 1.165) is 31.6 Å². The van der Waals surface area contributed by atoms with Crippen LogP contribution in [0.25, 0.3) is 0 Å². The monoisotopic (exact) mass is 369 g/mol. The number of furan rings is 1. The van der Waals surface area contributed by atoms with Crippen LogP contribution in [-0.2, 0) is 6.54 Å². The smallest absolute Gasteiger partial charge is 0.289 e. The Balaban J connectivity index is 1.54. The van der Waals surface area contributed by atoms with Gasteiger partial charge in [-0.15, -0.1) is 0 Å². The minimum Gasteiger partial charge on any atom is -0.459 e. The fourth-order valence-corrected chi connectivity index (χ4v) is 3.14. The molecule has 1 aliphatic heterocycles. The van der Waals surface area contributed by atoms with Crippen LogP contribution in [0.3, 0.4) is 0 Å². The molecule has 0 bridgehead atoms. The number of nitrogens with one attached hydrogen (secondary N) is 1. The number of hydrogen-bond donors (Lipinski definition) is 1. The lowest BCUT2D eigenvalue weighted by molar-refractivity contribution is 0.0597. The number of carbonyl (C=O) groups excluding carboxylic acids is 2. The van der Waals surface area contributed by atoms with Crippen molar-refractivity contribution in [3.63, 3.8) is 0 Å². The second kappa shape index (κ2) is 8.86. The first-order valence-electron chi connectivity index (χ1n) is 9.51. The molecule has 1 N–H and O–H groups in total. The lowest BCUT2D eigenvalue weighted by Gasteiger charge is -2.34. The van der Waals surface area contributed by atoms with E-state index in [1.165, 1.54) is 6.26 Å². The Morgan fingerprint density at radius 2 is 1.93 bits per heavy atom. The van der Waals surface area contributed by atoms with E-state index in [0.29, 0.717) is 24.4 Å². The molecule has 1 fully saturated rings. The molecule has 0 saturated carbocycles.